The minimum absolute atomic E-state index is 0. The van der Waals surface area contributed by atoms with Gasteiger partial charge in [-0.1, -0.05) is 96.5 Å². The first kappa shape index (κ1) is 41.0. The summed E-state index contributed by atoms with van der Waals surface area (Å²) in [6.45, 7) is 10.5. The summed E-state index contributed by atoms with van der Waals surface area (Å²) in [5.74, 6) is 13.1. The monoisotopic (exact) mass is 754 g/mol. The first-order valence-corrected chi connectivity index (χ1v) is 17.2. The number of amides is 1. The van der Waals surface area contributed by atoms with Crippen LogP contribution in [0.5, 0.6) is 0 Å². The van der Waals surface area contributed by atoms with Gasteiger partial charge in [-0.3, -0.25) is 5.32 Å². The van der Waals surface area contributed by atoms with Crippen molar-refractivity contribution in [2.75, 3.05) is 11.1 Å². The van der Waals surface area contributed by atoms with Gasteiger partial charge in [0.2, 0.25) is 5.95 Å². The number of aromatic amines is 1. The van der Waals surface area contributed by atoms with Gasteiger partial charge in [-0.05, 0) is 77.9 Å². The van der Waals surface area contributed by atoms with Crippen LogP contribution in [0.3, 0.4) is 0 Å². The number of nitrogens with one attached hydrogen (secondary N) is 2. The number of benzene rings is 4. The average Bonchev–Trinajstić information content (AvgIpc) is 3.76. The molecule has 280 valence electrons. The molecule has 11 heteroatoms. The zero-order valence-corrected chi connectivity index (χ0v) is 32.3. The molecular weight excluding hydrogens is 712 g/mol. The van der Waals surface area contributed by atoms with E-state index in [0.29, 0.717) is 22.8 Å². The van der Waals surface area contributed by atoms with Crippen molar-refractivity contribution in [3.8, 4) is 46.2 Å². The number of nitrogens with zero attached hydrogens (tertiary/aromatic N) is 3. The summed E-state index contributed by atoms with van der Waals surface area (Å²) in [6, 6.07) is 34.9. The molecule has 4 N–H and O–H groups in total. The molecule has 0 bridgehead atoms. The van der Waals surface area contributed by atoms with Crippen LogP contribution in [-0.2, 0) is 9.47 Å². The average molecular weight is 755 g/mol. The summed E-state index contributed by atoms with van der Waals surface area (Å²) in [4.78, 5) is 36.9. The third-order valence-electron chi connectivity index (χ3n) is 7.20. The predicted molar refractivity (Wildman–Crippen MR) is 220 cm³/mol. The number of aromatic nitrogens is 4. The number of carbonyl (C=O) groups is 2. The second-order valence-electron chi connectivity index (χ2n) is 13.9. The van der Waals surface area contributed by atoms with Crippen molar-refractivity contribution in [1.82, 2.24) is 19.5 Å². The Balaban J connectivity index is 0.000000272. The molecule has 0 fully saturated rings. The molecule has 1 amide bonds. The molecule has 0 unspecified atom stereocenters. The lowest BCUT2D eigenvalue weighted by atomic mass is 10.0. The Hall–Kier alpha value is -6.75. The lowest BCUT2D eigenvalue weighted by molar-refractivity contribution is 0.0542. The SMILES string of the molecule is CC(C)(C)OC(=O)Nc1ncc(-c2ccccc2C#Cc2ccccc2)n1C(=O)OC(C)(C)C.Cl.Nc1ncc(-c2ccccc2C#Cc2ccccc2)[nH]1. The molecule has 0 atom stereocenters. The number of imidazole rings is 2. The summed E-state index contributed by atoms with van der Waals surface area (Å²) < 4.78 is 12.1. The number of nitrogen functional groups attached to an aromatic ring is 1. The van der Waals surface area contributed by atoms with Crippen LogP contribution in [-0.4, -0.2) is 42.9 Å². The van der Waals surface area contributed by atoms with E-state index < -0.39 is 23.4 Å². The number of hydrogen-bond acceptors (Lipinski definition) is 7. The first-order chi connectivity index (χ1) is 25.8. The highest BCUT2D eigenvalue weighted by Crippen LogP contribution is 2.28. The maximum atomic E-state index is 13.2. The Morgan fingerprint density at radius 2 is 1.15 bits per heavy atom. The molecule has 0 saturated carbocycles. The number of anilines is 2. The fourth-order valence-corrected chi connectivity index (χ4v) is 4.96. The largest absolute Gasteiger partial charge is 0.444 e. The van der Waals surface area contributed by atoms with Crippen molar-refractivity contribution in [2.45, 2.75) is 52.7 Å². The van der Waals surface area contributed by atoms with Crippen molar-refractivity contribution in [3.63, 3.8) is 0 Å². The molecular formula is C44H43ClN6O4. The molecule has 2 aromatic heterocycles. The van der Waals surface area contributed by atoms with Crippen LogP contribution >= 0.6 is 12.4 Å². The van der Waals surface area contributed by atoms with Gasteiger partial charge in [0.1, 0.15) is 11.2 Å². The second-order valence-corrected chi connectivity index (χ2v) is 13.9. The maximum Gasteiger partial charge on any atom is 0.421 e. The van der Waals surface area contributed by atoms with Gasteiger partial charge >= 0.3 is 12.2 Å². The van der Waals surface area contributed by atoms with Gasteiger partial charge in [-0.15, -0.1) is 12.4 Å². The van der Waals surface area contributed by atoms with Crippen molar-refractivity contribution in [3.05, 3.63) is 144 Å². The van der Waals surface area contributed by atoms with Gasteiger partial charge < -0.3 is 20.2 Å². The van der Waals surface area contributed by atoms with E-state index in [1.807, 2.05) is 109 Å². The Bertz CT molecular complexity index is 2350. The zero-order chi connectivity index (χ0) is 38.7. The molecule has 4 aromatic carbocycles. The number of halogens is 1. The third kappa shape index (κ3) is 12.1. The summed E-state index contributed by atoms with van der Waals surface area (Å²) in [5.41, 5.74) is 10.6. The molecule has 55 heavy (non-hydrogen) atoms. The number of ether oxygens (including phenoxy) is 2. The van der Waals surface area contributed by atoms with Gasteiger partial charge in [0.25, 0.3) is 0 Å². The lowest BCUT2D eigenvalue weighted by Gasteiger charge is -2.22. The Labute approximate surface area is 327 Å². The minimum Gasteiger partial charge on any atom is -0.444 e. The van der Waals surface area contributed by atoms with Gasteiger partial charge in [0.15, 0.2) is 5.95 Å². The molecule has 10 nitrogen and oxygen atoms in total. The normalized spacial score (nSPS) is 10.5. The van der Waals surface area contributed by atoms with Crippen LogP contribution in [0.2, 0.25) is 0 Å². The van der Waals surface area contributed by atoms with Crippen LogP contribution < -0.4 is 11.1 Å². The molecule has 0 radical (unpaired) electrons. The summed E-state index contributed by atoms with van der Waals surface area (Å²) in [7, 11) is 0. The number of H-pyrrole nitrogens is 1. The number of rotatable bonds is 3. The molecule has 0 aliphatic rings. The fraction of sp³-hybridized carbons (Fsp3) is 0.182. The minimum atomic E-state index is -0.756. The van der Waals surface area contributed by atoms with Crippen LogP contribution in [0.4, 0.5) is 21.5 Å². The standard InChI is InChI=1S/C27H29N3O4.C17H13N3.ClH/c1-26(2,3)33-24(31)29-23-28-18-22(30(23)25(32)34-27(4,5)6)21-15-11-10-14-20(21)17-16-19-12-8-7-9-13-19;18-17-19-12-16(20-17)15-9-5-4-8-14(15)11-10-13-6-2-1-3-7-13;/h7-15,18H,1-6H3,(H,28,29,31);1-9,12H,(H3,18,19,20);1H. The van der Waals surface area contributed by atoms with E-state index >= 15 is 0 Å². The van der Waals surface area contributed by atoms with E-state index in [1.54, 1.807) is 47.7 Å². The van der Waals surface area contributed by atoms with Crippen molar-refractivity contribution in [1.29, 1.82) is 0 Å². The quantitative estimate of drug-likeness (QED) is 0.153. The highest BCUT2D eigenvalue weighted by Gasteiger charge is 2.27. The van der Waals surface area contributed by atoms with E-state index in [0.717, 1.165) is 27.9 Å². The van der Waals surface area contributed by atoms with Crippen LogP contribution in [0.25, 0.3) is 22.5 Å². The Kier molecular flexibility index (Phi) is 13.7. The molecule has 0 aliphatic carbocycles. The van der Waals surface area contributed by atoms with Gasteiger partial charge in [0.05, 0.1) is 23.8 Å². The topological polar surface area (TPSA) is 137 Å². The van der Waals surface area contributed by atoms with E-state index in [4.69, 9.17) is 15.2 Å². The van der Waals surface area contributed by atoms with Crippen molar-refractivity contribution < 1.29 is 19.1 Å². The van der Waals surface area contributed by atoms with Gasteiger partial charge in [-0.2, -0.15) is 0 Å². The van der Waals surface area contributed by atoms with Gasteiger partial charge in [-0.25, -0.2) is 24.1 Å². The molecule has 0 saturated heterocycles. The molecule has 2 heterocycles. The fourth-order valence-electron chi connectivity index (χ4n) is 4.96. The molecule has 0 aliphatic heterocycles. The summed E-state index contributed by atoms with van der Waals surface area (Å²) >= 11 is 0. The summed E-state index contributed by atoms with van der Waals surface area (Å²) in [5, 5.41) is 2.56. The second kappa shape index (κ2) is 18.3. The van der Waals surface area contributed by atoms with Crippen molar-refractivity contribution in [2.24, 2.45) is 0 Å². The van der Waals surface area contributed by atoms with E-state index in [2.05, 4.69) is 44.0 Å². The number of carbonyl (C=O) groups excluding carboxylic acids is 2. The van der Waals surface area contributed by atoms with Gasteiger partial charge in [0, 0.05) is 33.4 Å². The van der Waals surface area contributed by atoms with Crippen LogP contribution in [0.1, 0.15) is 63.8 Å². The smallest absolute Gasteiger partial charge is 0.421 e. The molecule has 6 rings (SSSR count). The van der Waals surface area contributed by atoms with E-state index in [-0.39, 0.29) is 18.4 Å². The summed E-state index contributed by atoms with van der Waals surface area (Å²) in [6.07, 6.45) is 1.81. The third-order valence-corrected chi connectivity index (χ3v) is 7.20. The number of hydrogen-bond donors (Lipinski definition) is 3. The Morgan fingerprint density at radius 1 is 0.655 bits per heavy atom. The predicted octanol–water partition coefficient (Wildman–Crippen LogP) is 9.56. The maximum absolute atomic E-state index is 13.2. The zero-order valence-electron chi connectivity index (χ0n) is 31.5. The highest BCUT2D eigenvalue weighted by atomic mass is 35.5. The highest BCUT2D eigenvalue weighted by molar-refractivity contribution is 5.89. The molecule has 6 aromatic rings. The molecule has 0 spiro atoms. The first-order valence-electron chi connectivity index (χ1n) is 17.2. The van der Waals surface area contributed by atoms with Crippen molar-refractivity contribution >= 4 is 36.5 Å². The Morgan fingerprint density at radius 3 is 1.65 bits per heavy atom. The van der Waals surface area contributed by atoms with E-state index in [1.165, 1.54) is 10.8 Å². The van der Waals surface area contributed by atoms with Crippen LogP contribution in [0, 0.1) is 23.7 Å². The van der Waals surface area contributed by atoms with Crippen LogP contribution in [0.15, 0.2) is 122 Å². The van der Waals surface area contributed by atoms with E-state index in [9.17, 15) is 9.59 Å². The number of nitrogens with two attached hydrogens (primary N) is 1. The lowest BCUT2D eigenvalue weighted by Crippen LogP contribution is -2.31.